The summed E-state index contributed by atoms with van der Waals surface area (Å²) in [7, 11) is -7.28. The smallest absolute Gasteiger partial charge is 0.410 e. The van der Waals surface area contributed by atoms with Gasteiger partial charge in [0.1, 0.15) is 18.8 Å². The molecule has 0 unspecified atom stereocenters. The molecule has 8 nitrogen and oxygen atoms in total. The van der Waals surface area contributed by atoms with E-state index in [9.17, 15) is 21.6 Å². The summed E-state index contributed by atoms with van der Waals surface area (Å²) in [5, 5.41) is 0. The number of carbonyl (C=O) groups is 1. The Kier molecular flexibility index (Phi) is 5.97. The third-order valence-electron chi connectivity index (χ3n) is 4.47. The molecule has 3 rings (SSSR count). The van der Waals surface area contributed by atoms with E-state index in [1.54, 1.807) is 0 Å². The van der Waals surface area contributed by atoms with Crippen LogP contribution in [0.2, 0.25) is 0 Å². The summed E-state index contributed by atoms with van der Waals surface area (Å²) in [6.07, 6.45) is 0.379. The van der Waals surface area contributed by atoms with Gasteiger partial charge in [0.05, 0.1) is 11.2 Å². The standard InChI is InChI=1S/C19H21NO7S2/c1-28(22,23)16-10-8-15(9-11-16)18(27-29(2,24)25)17-13-26-19(21)20(17)12-14-6-4-3-5-7-14/h3-11,17-18H,12-13H2,1-2H3/t17-,18+/m1/s1. The maximum absolute atomic E-state index is 12.3. The van der Waals surface area contributed by atoms with Crippen LogP contribution in [-0.4, -0.2) is 53.0 Å². The molecule has 0 radical (unpaired) electrons. The number of amides is 1. The average molecular weight is 440 g/mol. The minimum Gasteiger partial charge on any atom is -0.447 e. The van der Waals surface area contributed by atoms with Crippen molar-refractivity contribution in [3.05, 3.63) is 65.7 Å². The van der Waals surface area contributed by atoms with Crippen molar-refractivity contribution in [1.29, 1.82) is 0 Å². The van der Waals surface area contributed by atoms with E-state index in [0.717, 1.165) is 18.1 Å². The molecule has 0 saturated carbocycles. The summed E-state index contributed by atoms with van der Waals surface area (Å²) in [5.74, 6) is 0. The Balaban J connectivity index is 1.96. The van der Waals surface area contributed by atoms with Crippen LogP contribution in [0, 0.1) is 0 Å². The Morgan fingerprint density at radius 2 is 1.66 bits per heavy atom. The zero-order valence-corrected chi connectivity index (χ0v) is 17.5. The molecular weight excluding hydrogens is 418 g/mol. The maximum atomic E-state index is 12.3. The van der Waals surface area contributed by atoms with Crippen LogP contribution in [0.5, 0.6) is 0 Å². The Morgan fingerprint density at radius 3 is 2.21 bits per heavy atom. The van der Waals surface area contributed by atoms with Gasteiger partial charge < -0.3 is 4.74 Å². The highest BCUT2D eigenvalue weighted by molar-refractivity contribution is 7.90. The highest BCUT2D eigenvalue weighted by atomic mass is 32.2. The van der Waals surface area contributed by atoms with E-state index in [0.29, 0.717) is 5.56 Å². The molecule has 0 aliphatic carbocycles. The van der Waals surface area contributed by atoms with E-state index in [-0.39, 0.29) is 18.0 Å². The summed E-state index contributed by atoms with van der Waals surface area (Å²) in [6, 6.07) is 14.2. The molecule has 1 heterocycles. The minimum atomic E-state index is -3.87. The lowest BCUT2D eigenvalue weighted by Gasteiger charge is -2.28. The van der Waals surface area contributed by atoms with Crippen LogP contribution < -0.4 is 0 Å². The lowest BCUT2D eigenvalue weighted by atomic mass is 10.0. The molecule has 0 spiro atoms. The molecule has 0 aromatic heterocycles. The topological polar surface area (TPSA) is 107 Å². The first kappa shape index (κ1) is 21.3. The molecule has 1 saturated heterocycles. The van der Waals surface area contributed by atoms with Gasteiger partial charge >= 0.3 is 6.09 Å². The van der Waals surface area contributed by atoms with Crippen molar-refractivity contribution in [2.45, 2.75) is 23.6 Å². The van der Waals surface area contributed by atoms with Gasteiger partial charge in [0.2, 0.25) is 0 Å². The molecule has 156 valence electrons. The maximum Gasteiger partial charge on any atom is 0.410 e. The van der Waals surface area contributed by atoms with Crippen LogP contribution in [0.4, 0.5) is 4.79 Å². The molecule has 29 heavy (non-hydrogen) atoms. The summed E-state index contributed by atoms with van der Waals surface area (Å²) in [4.78, 5) is 13.8. The number of nitrogens with zero attached hydrogens (tertiary/aromatic N) is 1. The number of hydrogen-bond acceptors (Lipinski definition) is 7. The molecular formula is C19H21NO7S2. The molecule has 0 N–H and O–H groups in total. The zero-order chi connectivity index (χ0) is 21.2. The highest BCUT2D eigenvalue weighted by Crippen LogP contribution is 2.32. The van der Waals surface area contributed by atoms with Crippen molar-refractivity contribution in [3.63, 3.8) is 0 Å². The largest absolute Gasteiger partial charge is 0.447 e. The fraction of sp³-hybridized carbons (Fsp3) is 0.316. The van der Waals surface area contributed by atoms with E-state index in [1.807, 2.05) is 30.3 Å². The van der Waals surface area contributed by atoms with Crippen molar-refractivity contribution in [2.24, 2.45) is 0 Å². The predicted molar refractivity (Wildman–Crippen MR) is 105 cm³/mol. The van der Waals surface area contributed by atoms with E-state index in [4.69, 9.17) is 8.92 Å². The number of sulfone groups is 1. The number of benzene rings is 2. The zero-order valence-electron chi connectivity index (χ0n) is 15.9. The average Bonchev–Trinajstić information content (AvgIpc) is 3.00. The summed E-state index contributed by atoms with van der Waals surface area (Å²) in [5.41, 5.74) is 1.27. The third kappa shape index (κ3) is 5.34. The van der Waals surface area contributed by atoms with Gasteiger partial charge in [-0.1, -0.05) is 42.5 Å². The second kappa shape index (κ2) is 8.13. The molecule has 1 aliphatic heterocycles. The minimum absolute atomic E-state index is 0.0559. The van der Waals surface area contributed by atoms with Crippen molar-refractivity contribution >= 4 is 26.0 Å². The van der Waals surface area contributed by atoms with Crippen LogP contribution in [0.1, 0.15) is 17.2 Å². The molecule has 1 fully saturated rings. The first-order chi connectivity index (χ1) is 13.5. The van der Waals surface area contributed by atoms with Crippen molar-refractivity contribution < 1.29 is 30.6 Å². The fourth-order valence-electron chi connectivity index (χ4n) is 3.11. The number of carbonyl (C=O) groups excluding carboxylic acids is 1. The van der Waals surface area contributed by atoms with Crippen LogP contribution >= 0.6 is 0 Å². The van der Waals surface area contributed by atoms with Gasteiger partial charge in [0, 0.05) is 12.8 Å². The third-order valence-corrected chi connectivity index (χ3v) is 6.16. The Labute approximate surface area is 170 Å². The molecule has 2 atom stereocenters. The first-order valence-electron chi connectivity index (χ1n) is 8.70. The number of hydrogen-bond donors (Lipinski definition) is 0. The van der Waals surface area contributed by atoms with Gasteiger partial charge in [-0.25, -0.2) is 13.2 Å². The highest BCUT2D eigenvalue weighted by Gasteiger charge is 2.41. The molecule has 10 heteroatoms. The van der Waals surface area contributed by atoms with Gasteiger partial charge in [0.15, 0.2) is 9.84 Å². The quantitative estimate of drug-likeness (QED) is 0.608. The number of ether oxygens (including phenoxy) is 1. The van der Waals surface area contributed by atoms with Crippen molar-refractivity contribution in [1.82, 2.24) is 4.90 Å². The van der Waals surface area contributed by atoms with Crippen molar-refractivity contribution in [2.75, 3.05) is 19.1 Å². The molecule has 2 aromatic rings. The van der Waals surface area contributed by atoms with Crippen LogP contribution in [-0.2, 0) is 35.4 Å². The van der Waals surface area contributed by atoms with E-state index < -0.39 is 38.2 Å². The normalized spacial score (nSPS) is 18.5. The van der Waals surface area contributed by atoms with Crippen LogP contribution in [0.25, 0.3) is 0 Å². The summed E-state index contributed by atoms with van der Waals surface area (Å²) in [6.45, 7) is 0.162. The fourth-order valence-corrected chi connectivity index (χ4v) is 4.36. The second-order valence-electron chi connectivity index (χ2n) is 6.82. The Bertz CT molecular complexity index is 1080. The summed E-state index contributed by atoms with van der Waals surface area (Å²) >= 11 is 0. The molecule has 1 aliphatic rings. The second-order valence-corrected chi connectivity index (χ2v) is 10.4. The monoisotopic (exact) mass is 439 g/mol. The van der Waals surface area contributed by atoms with E-state index in [2.05, 4.69) is 0 Å². The lowest BCUT2D eigenvalue weighted by molar-refractivity contribution is 0.110. The SMILES string of the molecule is CS(=O)(=O)O[C@@H](c1ccc(S(C)(=O)=O)cc1)[C@H]1COC(=O)N1Cc1ccccc1. The lowest BCUT2D eigenvalue weighted by Crippen LogP contribution is -2.39. The molecule has 0 bridgehead atoms. The van der Waals surface area contributed by atoms with Crippen molar-refractivity contribution in [3.8, 4) is 0 Å². The predicted octanol–water partition coefficient (Wildman–Crippen LogP) is 2.13. The van der Waals surface area contributed by atoms with Gasteiger partial charge in [-0.3, -0.25) is 9.08 Å². The molecule has 1 amide bonds. The van der Waals surface area contributed by atoms with Gasteiger partial charge in [-0.2, -0.15) is 8.42 Å². The number of rotatable bonds is 7. The first-order valence-corrected chi connectivity index (χ1v) is 12.4. The van der Waals surface area contributed by atoms with Gasteiger partial charge in [-0.05, 0) is 23.3 Å². The van der Waals surface area contributed by atoms with E-state index in [1.165, 1.54) is 29.2 Å². The van der Waals surface area contributed by atoms with Crippen LogP contribution in [0.15, 0.2) is 59.5 Å². The molecule has 2 aromatic carbocycles. The van der Waals surface area contributed by atoms with Gasteiger partial charge in [0.25, 0.3) is 10.1 Å². The Hall–Kier alpha value is -2.43. The van der Waals surface area contributed by atoms with Gasteiger partial charge in [-0.15, -0.1) is 0 Å². The number of cyclic esters (lactones) is 1. The Morgan fingerprint density at radius 1 is 1.03 bits per heavy atom. The van der Waals surface area contributed by atoms with Crippen LogP contribution in [0.3, 0.4) is 0 Å². The summed E-state index contributed by atoms with van der Waals surface area (Å²) < 4.78 is 57.6. The van der Waals surface area contributed by atoms with E-state index >= 15 is 0 Å².